The Morgan fingerprint density at radius 3 is 2.54 bits per heavy atom. The number of esters is 1. The summed E-state index contributed by atoms with van der Waals surface area (Å²) in [6, 6.07) is 17.1. The summed E-state index contributed by atoms with van der Waals surface area (Å²) >= 11 is 0. The van der Waals surface area contributed by atoms with Gasteiger partial charge in [0.05, 0.1) is 6.42 Å². The molecule has 0 aromatic heterocycles. The molecule has 0 bridgehead atoms. The third-order valence-corrected chi connectivity index (χ3v) is 4.59. The highest BCUT2D eigenvalue weighted by Gasteiger charge is 2.33. The SMILES string of the molecule is CCc1ccc(NC(=O)CC2C(=O)OCCN2Cc2ccccc2)cc1. The smallest absolute Gasteiger partial charge is 0.323 e. The second kappa shape index (κ2) is 8.63. The van der Waals surface area contributed by atoms with Crippen molar-refractivity contribution in [3.63, 3.8) is 0 Å². The number of carbonyl (C=O) groups is 2. The molecule has 1 heterocycles. The Bertz CT molecular complexity index is 744. The number of anilines is 1. The summed E-state index contributed by atoms with van der Waals surface area (Å²) in [5, 5.41) is 2.87. The zero-order valence-corrected chi connectivity index (χ0v) is 15.0. The van der Waals surface area contributed by atoms with E-state index in [1.165, 1.54) is 5.56 Å². The molecule has 1 atom stereocenters. The quantitative estimate of drug-likeness (QED) is 0.812. The number of aryl methyl sites for hydroxylation is 1. The largest absolute Gasteiger partial charge is 0.463 e. The molecule has 0 aliphatic carbocycles. The van der Waals surface area contributed by atoms with Gasteiger partial charge in [0.15, 0.2) is 0 Å². The summed E-state index contributed by atoms with van der Waals surface area (Å²) in [5.41, 5.74) is 3.07. The zero-order valence-electron chi connectivity index (χ0n) is 15.0. The van der Waals surface area contributed by atoms with Gasteiger partial charge in [0.1, 0.15) is 12.6 Å². The Hall–Kier alpha value is -2.66. The minimum absolute atomic E-state index is 0.0845. The number of nitrogens with one attached hydrogen (secondary N) is 1. The number of rotatable bonds is 6. The van der Waals surface area contributed by atoms with Crippen molar-refractivity contribution in [2.24, 2.45) is 0 Å². The molecule has 0 radical (unpaired) electrons. The highest BCUT2D eigenvalue weighted by atomic mass is 16.5. The predicted molar refractivity (Wildman–Crippen MR) is 101 cm³/mol. The van der Waals surface area contributed by atoms with E-state index in [0.29, 0.717) is 19.7 Å². The number of carbonyl (C=O) groups excluding carboxylic acids is 2. The first-order valence-electron chi connectivity index (χ1n) is 8.99. The van der Waals surface area contributed by atoms with Crippen molar-refractivity contribution in [3.8, 4) is 0 Å². The molecule has 1 fully saturated rings. The van der Waals surface area contributed by atoms with Gasteiger partial charge >= 0.3 is 5.97 Å². The van der Waals surface area contributed by atoms with Crippen LogP contribution in [0.3, 0.4) is 0 Å². The van der Waals surface area contributed by atoms with Crippen LogP contribution >= 0.6 is 0 Å². The Morgan fingerprint density at radius 1 is 1.12 bits per heavy atom. The lowest BCUT2D eigenvalue weighted by molar-refractivity contribution is -0.159. The fraction of sp³-hybridized carbons (Fsp3) is 0.333. The molecule has 3 rings (SSSR count). The van der Waals surface area contributed by atoms with Gasteiger partial charge in [0, 0.05) is 18.8 Å². The molecule has 1 amide bonds. The summed E-state index contributed by atoms with van der Waals surface area (Å²) < 4.78 is 5.18. The molecule has 5 nitrogen and oxygen atoms in total. The Balaban J connectivity index is 1.63. The van der Waals surface area contributed by atoms with Crippen LogP contribution in [0.25, 0.3) is 0 Å². The first-order chi connectivity index (χ1) is 12.7. The van der Waals surface area contributed by atoms with E-state index in [-0.39, 0.29) is 18.3 Å². The van der Waals surface area contributed by atoms with E-state index < -0.39 is 6.04 Å². The van der Waals surface area contributed by atoms with E-state index in [9.17, 15) is 9.59 Å². The van der Waals surface area contributed by atoms with Crippen LogP contribution in [-0.2, 0) is 27.3 Å². The number of hydrogen-bond donors (Lipinski definition) is 1. The van der Waals surface area contributed by atoms with Crippen LogP contribution in [0.2, 0.25) is 0 Å². The normalized spacial score (nSPS) is 17.6. The van der Waals surface area contributed by atoms with Crippen LogP contribution < -0.4 is 5.32 Å². The van der Waals surface area contributed by atoms with Gasteiger partial charge in [-0.1, -0.05) is 49.4 Å². The topological polar surface area (TPSA) is 58.6 Å². The second-order valence-electron chi connectivity index (χ2n) is 6.44. The summed E-state index contributed by atoms with van der Waals surface area (Å²) in [6.45, 7) is 3.70. The zero-order chi connectivity index (χ0) is 18.4. The Morgan fingerprint density at radius 2 is 1.85 bits per heavy atom. The molecule has 2 aromatic carbocycles. The summed E-state index contributed by atoms with van der Waals surface area (Å²) in [6.07, 6.45) is 1.04. The molecule has 5 heteroatoms. The van der Waals surface area contributed by atoms with Crippen molar-refractivity contribution in [1.82, 2.24) is 4.90 Å². The average molecular weight is 352 g/mol. The lowest BCUT2D eigenvalue weighted by Crippen LogP contribution is -2.49. The minimum Gasteiger partial charge on any atom is -0.463 e. The number of cyclic esters (lactones) is 1. The van der Waals surface area contributed by atoms with Crippen LogP contribution in [0.1, 0.15) is 24.5 Å². The van der Waals surface area contributed by atoms with E-state index in [0.717, 1.165) is 17.7 Å². The maximum Gasteiger partial charge on any atom is 0.323 e. The van der Waals surface area contributed by atoms with Gasteiger partial charge in [-0.15, -0.1) is 0 Å². The lowest BCUT2D eigenvalue weighted by atomic mass is 10.1. The third kappa shape index (κ3) is 4.70. The van der Waals surface area contributed by atoms with Gasteiger partial charge in [0.25, 0.3) is 0 Å². The summed E-state index contributed by atoms with van der Waals surface area (Å²) in [5.74, 6) is -0.514. The van der Waals surface area contributed by atoms with E-state index >= 15 is 0 Å². The second-order valence-corrected chi connectivity index (χ2v) is 6.44. The van der Waals surface area contributed by atoms with Gasteiger partial charge < -0.3 is 10.1 Å². The Labute approximate surface area is 154 Å². The summed E-state index contributed by atoms with van der Waals surface area (Å²) in [4.78, 5) is 26.7. The monoisotopic (exact) mass is 352 g/mol. The first-order valence-corrected chi connectivity index (χ1v) is 8.99. The lowest BCUT2D eigenvalue weighted by Gasteiger charge is -2.33. The number of morpholine rings is 1. The van der Waals surface area contributed by atoms with Crippen molar-refractivity contribution in [2.45, 2.75) is 32.4 Å². The predicted octanol–water partition coefficient (Wildman–Crippen LogP) is 3.01. The standard InChI is InChI=1S/C21H24N2O3/c1-2-16-8-10-18(11-9-16)22-20(24)14-19-21(25)26-13-12-23(19)15-17-6-4-3-5-7-17/h3-11,19H,2,12-15H2,1H3,(H,22,24). The number of nitrogens with zero attached hydrogens (tertiary/aromatic N) is 1. The van der Waals surface area contributed by atoms with Gasteiger partial charge in [-0.25, -0.2) is 0 Å². The van der Waals surface area contributed by atoms with Crippen LogP contribution in [0.4, 0.5) is 5.69 Å². The third-order valence-electron chi connectivity index (χ3n) is 4.59. The van der Waals surface area contributed by atoms with Crippen molar-refractivity contribution in [1.29, 1.82) is 0 Å². The summed E-state index contributed by atoms with van der Waals surface area (Å²) in [7, 11) is 0. The van der Waals surface area contributed by atoms with E-state index in [4.69, 9.17) is 4.74 Å². The minimum atomic E-state index is -0.557. The molecule has 1 aliphatic rings. The molecular formula is C21H24N2O3. The molecule has 0 spiro atoms. The van der Waals surface area contributed by atoms with E-state index in [1.54, 1.807) is 0 Å². The highest BCUT2D eigenvalue weighted by molar-refractivity contribution is 5.94. The van der Waals surface area contributed by atoms with Gasteiger partial charge in [0.2, 0.25) is 5.91 Å². The van der Waals surface area contributed by atoms with Gasteiger partial charge in [-0.3, -0.25) is 14.5 Å². The van der Waals surface area contributed by atoms with Crippen LogP contribution in [-0.4, -0.2) is 36.0 Å². The Kier molecular flexibility index (Phi) is 6.02. The fourth-order valence-electron chi connectivity index (χ4n) is 3.10. The van der Waals surface area contributed by atoms with Crippen molar-refractivity contribution < 1.29 is 14.3 Å². The number of benzene rings is 2. The van der Waals surface area contributed by atoms with Crippen LogP contribution in [0.5, 0.6) is 0 Å². The van der Waals surface area contributed by atoms with E-state index in [1.807, 2.05) is 59.5 Å². The average Bonchev–Trinajstić information content (AvgIpc) is 2.66. The first kappa shape index (κ1) is 18.1. The molecular weight excluding hydrogens is 328 g/mol. The number of ether oxygens (including phenoxy) is 1. The van der Waals surface area contributed by atoms with Gasteiger partial charge in [-0.05, 0) is 29.7 Å². The van der Waals surface area contributed by atoms with Crippen molar-refractivity contribution in [2.75, 3.05) is 18.5 Å². The molecule has 26 heavy (non-hydrogen) atoms. The molecule has 2 aromatic rings. The van der Waals surface area contributed by atoms with Gasteiger partial charge in [-0.2, -0.15) is 0 Å². The maximum absolute atomic E-state index is 12.4. The fourth-order valence-corrected chi connectivity index (χ4v) is 3.10. The van der Waals surface area contributed by atoms with E-state index in [2.05, 4.69) is 12.2 Å². The molecule has 0 saturated carbocycles. The number of hydrogen-bond acceptors (Lipinski definition) is 4. The number of amides is 1. The van der Waals surface area contributed by atoms with Crippen LogP contribution in [0, 0.1) is 0 Å². The maximum atomic E-state index is 12.4. The van der Waals surface area contributed by atoms with Crippen molar-refractivity contribution in [3.05, 3.63) is 65.7 Å². The molecule has 1 aliphatic heterocycles. The molecule has 1 saturated heterocycles. The highest BCUT2D eigenvalue weighted by Crippen LogP contribution is 2.17. The molecule has 136 valence electrons. The molecule has 1 unspecified atom stereocenters. The van der Waals surface area contributed by atoms with Crippen molar-refractivity contribution >= 4 is 17.6 Å². The van der Waals surface area contributed by atoms with Crippen LogP contribution in [0.15, 0.2) is 54.6 Å². The molecule has 1 N–H and O–H groups in total.